The molecule has 0 bridgehead atoms. The number of esters is 1. The lowest BCUT2D eigenvalue weighted by Gasteiger charge is -2.07. The van der Waals surface area contributed by atoms with E-state index in [2.05, 4.69) is 4.74 Å². The first kappa shape index (κ1) is 12.6. The van der Waals surface area contributed by atoms with Crippen molar-refractivity contribution in [3.8, 4) is 0 Å². The molecule has 0 amide bonds. The number of benzene rings is 1. The first-order valence-corrected chi connectivity index (χ1v) is 5.78. The van der Waals surface area contributed by atoms with Crippen molar-refractivity contribution in [1.29, 1.82) is 0 Å². The minimum absolute atomic E-state index is 0.0466. The van der Waals surface area contributed by atoms with Gasteiger partial charge in [-0.1, -0.05) is 6.07 Å². The Bertz CT molecular complexity index is 414. The molecule has 5 heteroatoms. The number of hydrogen-bond acceptors (Lipinski definition) is 4. The number of rotatable bonds is 4. The minimum Gasteiger partial charge on any atom is -0.481 e. The van der Waals surface area contributed by atoms with Gasteiger partial charge in [-0.25, -0.2) is 4.79 Å². The summed E-state index contributed by atoms with van der Waals surface area (Å²) < 4.78 is 4.63. The molecule has 1 N–H and O–H groups in total. The summed E-state index contributed by atoms with van der Waals surface area (Å²) in [4.78, 5) is 22.6. The highest BCUT2D eigenvalue weighted by molar-refractivity contribution is 7.98. The monoisotopic (exact) mass is 240 g/mol. The molecule has 0 saturated carbocycles. The lowest BCUT2D eigenvalue weighted by molar-refractivity contribution is -0.136. The van der Waals surface area contributed by atoms with Crippen molar-refractivity contribution in [2.75, 3.05) is 13.4 Å². The number of carbonyl (C=O) groups is 2. The summed E-state index contributed by atoms with van der Waals surface area (Å²) in [7, 11) is 1.32. The van der Waals surface area contributed by atoms with Gasteiger partial charge < -0.3 is 9.84 Å². The van der Waals surface area contributed by atoms with Crippen LogP contribution in [0.15, 0.2) is 23.1 Å². The van der Waals surface area contributed by atoms with E-state index in [0.717, 1.165) is 4.90 Å². The number of carbonyl (C=O) groups excluding carboxylic acids is 1. The standard InChI is InChI=1S/C11H12O4S/c1-15-11(14)8-4-3-7(6-10(12)13)5-9(8)16-2/h3-5H,6H2,1-2H3,(H,12,13). The van der Waals surface area contributed by atoms with E-state index in [9.17, 15) is 9.59 Å². The van der Waals surface area contributed by atoms with E-state index >= 15 is 0 Å². The van der Waals surface area contributed by atoms with Crippen LogP contribution in [-0.4, -0.2) is 30.4 Å². The molecule has 0 fully saturated rings. The molecule has 0 heterocycles. The van der Waals surface area contributed by atoms with Gasteiger partial charge in [-0.15, -0.1) is 11.8 Å². The molecule has 1 aromatic rings. The van der Waals surface area contributed by atoms with Crippen molar-refractivity contribution in [3.63, 3.8) is 0 Å². The molecule has 0 atom stereocenters. The molecule has 0 spiro atoms. The number of carboxylic acids is 1. The van der Waals surface area contributed by atoms with Crippen molar-refractivity contribution >= 4 is 23.7 Å². The van der Waals surface area contributed by atoms with E-state index in [-0.39, 0.29) is 6.42 Å². The molecule has 0 radical (unpaired) electrons. The second kappa shape index (κ2) is 5.55. The molecule has 0 aliphatic heterocycles. The molecular formula is C11H12O4S. The highest BCUT2D eigenvalue weighted by Gasteiger charge is 2.12. The lowest BCUT2D eigenvalue weighted by atomic mass is 10.1. The Morgan fingerprint density at radius 2 is 2.12 bits per heavy atom. The summed E-state index contributed by atoms with van der Waals surface area (Å²) in [5, 5.41) is 8.66. The third-order valence-electron chi connectivity index (χ3n) is 2.03. The van der Waals surface area contributed by atoms with E-state index in [1.54, 1.807) is 18.2 Å². The zero-order valence-corrected chi connectivity index (χ0v) is 9.84. The van der Waals surface area contributed by atoms with Gasteiger partial charge in [0.25, 0.3) is 0 Å². The number of methoxy groups -OCH3 is 1. The topological polar surface area (TPSA) is 63.6 Å². The summed E-state index contributed by atoms with van der Waals surface area (Å²) in [5.41, 5.74) is 1.13. The van der Waals surface area contributed by atoms with Crippen molar-refractivity contribution in [2.24, 2.45) is 0 Å². The van der Waals surface area contributed by atoms with E-state index in [1.165, 1.54) is 18.9 Å². The van der Waals surface area contributed by atoms with E-state index < -0.39 is 11.9 Å². The molecule has 1 rings (SSSR count). The molecule has 0 unspecified atom stereocenters. The SMILES string of the molecule is COC(=O)c1ccc(CC(=O)O)cc1SC. The van der Waals surface area contributed by atoms with Crippen LogP contribution in [0.25, 0.3) is 0 Å². The van der Waals surface area contributed by atoms with Crippen LogP contribution in [0.5, 0.6) is 0 Å². The van der Waals surface area contributed by atoms with Crippen LogP contribution in [0, 0.1) is 0 Å². The first-order chi connectivity index (χ1) is 7.58. The van der Waals surface area contributed by atoms with Gasteiger partial charge in [0.2, 0.25) is 0 Å². The van der Waals surface area contributed by atoms with Crippen LogP contribution in [-0.2, 0) is 16.0 Å². The first-order valence-electron chi connectivity index (χ1n) is 4.55. The maximum Gasteiger partial charge on any atom is 0.338 e. The smallest absolute Gasteiger partial charge is 0.338 e. The number of carboxylic acid groups (broad SMARTS) is 1. The van der Waals surface area contributed by atoms with Crippen molar-refractivity contribution in [1.82, 2.24) is 0 Å². The molecular weight excluding hydrogens is 228 g/mol. The average molecular weight is 240 g/mol. The summed E-state index contributed by atoms with van der Waals surface area (Å²) in [6.07, 6.45) is 1.78. The normalized spacial score (nSPS) is 9.88. The molecule has 86 valence electrons. The fraction of sp³-hybridized carbons (Fsp3) is 0.273. The van der Waals surface area contributed by atoms with Gasteiger partial charge in [-0.3, -0.25) is 4.79 Å². The molecule has 16 heavy (non-hydrogen) atoms. The van der Waals surface area contributed by atoms with Gasteiger partial charge in [0.1, 0.15) is 0 Å². The van der Waals surface area contributed by atoms with Gasteiger partial charge in [0, 0.05) is 4.90 Å². The predicted octanol–water partition coefficient (Wildman–Crippen LogP) is 1.82. The maximum absolute atomic E-state index is 11.4. The summed E-state index contributed by atoms with van der Waals surface area (Å²) in [6, 6.07) is 4.92. The van der Waals surface area contributed by atoms with Crippen molar-refractivity contribution < 1.29 is 19.4 Å². The Balaban J connectivity index is 3.06. The fourth-order valence-electron chi connectivity index (χ4n) is 1.30. The Kier molecular flexibility index (Phi) is 4.37. The van der Waals surface area contributed by atoms with Crippen LogP contribution in [0.1, 0.15) is 15.9 Å². The van der Waals surface area contributed by atoms with Gasteiger partial charge in [-0.2, -0.15) is 0 Å². The fourth-order valence-corrected chi connectivity index (χ4v) is 1.94. The summed E-state index contributed by atoms with van der Waals surface area (Å²) in [5.74, 6) is -1.30. The molecule has 1 aromatic carbocycles. The highest BCUT2D eigenvalue weighted by atomic mass is 32.2. The van der Waals surface area contributed by atoms with Gasteiger partial charge in [0.05, 0.1) is 19.1 Å². The average Bonchev–Trinajstić information content (AvgIpc) is 2.27. The third kappa shape index (κ3) is 3.00. The highest BCUT2D eigenvalue weighted by Crippen LogP contribution is 2.23. The zero-order valence-electron chi connectivity index (χ0n) is 9.02. The van der Waals surface area contributed by atoms with Gasteiger partial charge in [-0.05, 0) is 24.0 Å². The minimum atomic E-state index is -0.891. The van der Waals surface area contributed by atoms with Gasteiger partial charge in [0.15, 0.2) is 0 Å². The summed E-state index contributed by atoms with van der Waals surface area (Å²) >= 11 is 1.39. The Morgan fingerprint density at radius 3 is 2.62 bits per heavy atom. The summed E-state index contributed by atoms with van der Waals surface area (Å²) in [6.45, 7) is 0. The second-order valence-electron chi connectivity index (χ2n) is 3.10. The second-order valence-corrected chi connectivity index (χ2v) is 3.94. The Hall–Kier alpha value is -1.49. The van der Waals surface area contributed by atoms with Gasteiger partial charge >= 0.3 is 11.9 Å². The number of aliphatic carboxylic acids is 1. The lowest BCUT2D eigenvalue weighted by Crippen LogP contribution is -2.05. The molecule has 0 saturated heterocycles. The maximum atomic E-state index is 11.4. The van der Waals surface area contributed by atoms with E-state index in [0.29, 0.717) is 11.1 Å². The van der Waals surface area contributed by atoms with Crippen LogP contribution >= 0.6 is 11.8 Å². The van der Waals surface area contributed by atoms with Crippen LogP contribution in [0.2, 0.25) is 0 Å². The van der Waals surface area contributed by atoms with Crippen molar-refractivity contribution in [2.45, 2.75) is 11.3 Å². The van der Waals surface area contributed by atoms with Crippen LogP contribution in [0.4, 0.5) is 0 Å². The van der Waals surface area contributed by atoms with Crippen LogP contribution in [0.3, 0.4) is 0 Å². The Labute approximate surface area is 97.6 Å². The number of ether oxygens (including phenoxy) is 1. The quantitative estimate of drug-likeness (QED) is 0.642. The molecule has 4 nitrogen and oxygen atoms in total. The Morgan fingerprint density at radius 1 is 1.44 bits per heavy atom. The van der Waals surface area contributed by atoms with Crippen molar-refractivity contribution in [3.05, 3.63) is 29.3 Å². The molecule has 0 aliphatic carbocycles. The van der Waals surface area contributed by atoms with E-state index in [4.69, 9.17) is 5.11 Å². The third-order valence-corrected chi connectivity index (χ3v) is 2.80. The zero-order chi connectivity index (χ0) is 12.1. The number of thioether (sulfide) groups is 1. The molecule has 0 aliphatic rings. The largest absolute Gasteiger partial charge is 0.481 e. The van der Waals surface area contributed by atoms with Crippen LogP contribution < -0.4 is 0 Å². The number of hydrogen-bond donors (Lipinski definition) is 1. The predicted molar refractivity (Wildman–Crippen MR) is 60.9 cm³/mol. The molecule has 0 aromatic heterocycles. The van der Waals surface area contributed by atoms with E-state index in [1.807, 2.05) is 6.26 Å².